The molecule has 1 aliphatic rings. The molecule has 0 aromatic heterocycles. The number of aliphatic carboxylic acids is 2. The molecule has 0 aliphatic heterocycles. The molecule has 1 amide bonds. The Kier molecular flexibility index (Phi) is 9.45. The Labute approximate surface area is 189 Å². The number of carbonyl (C=O) groups is 4. The van der Waals surface area contributed by atoms with Gasteiger partial charge in [-0.15, -0.1) is 0 Å². The summed E-state index contributed by atoms with van der Waals surface area (Å²) in [5.74, 6) is -3.17. The third kappa shape index (κ3) is 8.67. The van der Waals surface area contributed by atoms with Gasteiger partial charge in [0, 0.05) is 18.0 Å². The van der Waals surface area contributed by atoms with E-state index in [4.69, 9.17) is 30.8 Å². The van der Waals surface area contributed by atoms with Gasteiger partial charge in [0.1, 0.15) is 0 Å². The topological polar surface area (TPSA) is 201 Å². The highest BCUT2D eigenvalue weighted by Crippen LogP contribution is 2.30. The van der Waals surface area contributed by atoms with Gasteiger partial charge in [0.05, 0.1) is 6.54 Å². The van der Waals surface area contributed by atoms with E-state index in [0.717, 1.165) is 12.8 Å². The highest BCUT2D eigenvalue weighted by atomic mass is 16.5. The minimum absolute atomic E-state index is 0.0183. The predicted octanol–water partition coefficient (Wildman–Crippen LogP) is 0.202. The number of carboxylic acid groups (broad SMARTS) is 2. The predicted molar refractivity (Wildman–Crippen MR) is 115 cm³/mol. The summed E-state index contributed by atoms with van der Waals surface area (Å²) in [6, 6.07) is 3.94. The zero-order valence-electron chi connectivity index (χ0n) is 18.0. The van der Waals surface area contributed by atoms with Gasteiger partial charge in [-0.1, -0.05) is 0 Å². The molecule has 12 nitrogen and oxygen atoms in total. The van der Waals surface area contributed by atoms with Crippen LogP contribution in [0.25, 0.3) is 0 Å². The zero-order valence-corrected chi connectivity index (χ0v) is 18.0. The number of hydrogen-bond donors (Lipinski definition) is 6. The number of Topliss-reactive ketones (excluding diaryl/α,β-unsaturated/α-hetero) is 1. The fourth-order valence-corrected chi connectivity index (χ4v) is 3.49. The normalized spacial score (nSPS) is 17.5. The Bertz CT molecular complexity index is 896. The molecule has 33 heavy (non-hydrogen) atoms. The lowest BCUT2D eigenvalue weighted by Crippen LogP contribution is -2.39. The first-order chi connectivity index (χ1) is 15.7. The zero-order chi connectivity index (χ0) is 24.4. The van der Waals surface area contributed by atoms with Gasteiger partial charge in [-0.3, -0.25) is 15.0 Å². The fraction of sp³-hybridized carbons (Fsp3) is 0.476. The molecule has 1 saturated carbocycles. The van der Waals surface area contributed by atoms with Crippen LogP contribution < -0.4 is 25.8 Å². The largest absolute Gasteiger partial charge is 0.479 e. The molecule has 0 unspecified atom stereocenters. The van der Waals surface area contributed by atoms with E-state index in [1.54, 1.807) is 0 Å². The van der Waals surface area contributed by atoms with E-state index in [2.05, 4.69) is 10.6 Å². The van der Waals surface area contributed by atoms with Crippen molar-refractivity contribution in [3.63, 3.8) is 0 Å². The van der Waals surface area contributed by atoms with Crippen molar-refractivity contribution in [2.45, 2.75) is 25.7 Å². The van der Waals surface area contributed by atoms with Crippen molar-refractivity contribution in [1.82, 2.24) is 10.6 Å². The summed E-state index contributed by atoms with van der Waals surface area (Å²) in [4.78, 5) is 46.5. The molecule has 1 aromatic carbocycles. The van der Waals surface area contributed by atoms with Crippen LogP contribution in [0.4, 0.5) is 0 Å². The van der Waals surface area contributed by atoms with Crippen molar-refractivity contribution in [3.8, 4) is 11.5 Å². The molecule has 180 valence electrons. The monoisotopic (exact) mass is 464 g/mol. The maximum Gasteiger partial charge on any atom is 0.341 e. The van der Waals surface area contributed by atoms with Crippen LogP contribution in [0.5, 0.6) is 11.5 Å². The molecule has 0 spiro atoms. The highest BCUT2D eigenvalue weighted by Gasteiger charge is 2.26. The number of carbonyl (C=O) groups excluding carboxylic acids is 2. The number of ketones is 1. The molecule has 0 saturated heterocycles. The molecule has 7 N–H and O–H groups in total. The van der Waals surface area contributed by atoms with Gasteiger partial charge < -0.3 is 36.1 Å². The standard InChI is InChI=1S/C21H28N4O8/c22-21(23)25-8-12-1-3-13(4-2-12)20(31)24-9-15(26)14-5-6-16(32-10-18(27)28)17(7-14)33-11-19(29)30/h5-7,12-13H,1-4,8-11H2,(H,24,31)(H,27,28)(H,29,30)(H4,22,23,25)/t12-,13-. The first kappa shape index (κ1) is 25.4. The van der Waals surface area contributed by atoms with Crippen molar-refractivity contribution in [2.24, 2.45) is 17.6 Å². The van der Waals surface area contributed by atoms with Crippen molar-refractivity contribution in [1.29, 1.82) is 5.41 Å². The van der Waals surface area contributed by atoms with Crippen LogP contribution in [-0.2, 0) is 14.4 Å². The van der Waals surface area contributed by atoms with E-state index in [-0.39, 0.29) is 41.4 Å². The number of amides is 1. The number of carboxylic acids is 2. The maximum atomic E-state index is 12.5. The van der Waals surface area contributed by atoms with E-state index in [1.165, 1.54) is 18.2 Å². The Morgan fingerprint density at radius 3 is 2.15 bits per heavy atom. The summed E-state index contributed by atoms with van der Waals surface area (Å²) in [5.41, 5.74) is 5.44. The average Bonchev–Trinajstić information content (AvgIpc) is 2.78. The Morgan fingerprint density at radius 2 is 1.58 bits per heavy atom. The third-order valence-electron chi connectivity index (χ3n) is 5.19. The van der Waals surface area contributed by atoms with Crippen LogP contribution in [0.15, 0.2) is 18.2 Å². The van der Waals surface area contributed by atoms with Gasteiger partial charge in [-0.25, -0.2) is 9.59 Å². The molecule has 2 rings (SSSR count). The van der Waals surface area contributed by atoms with Gasteiger partial charge in [0.2, 0.25) is 5.91 Å². The van der Waals surface area contributed by atoms with E-state index >= 15 is 0 Å². The van der Waals surface area contributed by atoms with E-state index in [1.807, 2.05) is 0 Å². The number of nitrogens with two attached hydrogens (primary N) is 1. The first-order valence-electron chi connectivity index (χ1n) is 10.4. The van der Waals surface area contributed by atoms with Crippen LogP contribution >= 0.6 is 0 Å². The van der Waals surface area contributed by atoms with Crippen LogP contribution in [0.2, 0.25) is 0 Å². The summed E-state index contributed by atoms with van der Waals surface area (Å²) in [5, 5.41) is 30.2. The quantitative estimate of drug-likeness (QED) is 0.141. The lowest BCUT2D eigenvalue weighted by atomic mass is 9.81. The fourth-order valence-electron chi connectivity index (χ4n) is 3.49. The Hall–Kier alpha value is -3.83. The smallest absolute Gasteiger partial charge is 0.341 e. The second kappa shape index (κ2) is 12.3. The third-order valence-corrected chi connectivity index (χ3v) is 5.19. The minimum atomic E-state index is -1.25. The maximum absolute atomic E-state index is 12.5. The molecule has 0 atom stereocenters. The Morgan fingerprint density at radius 1 is 0.970 bits per heavy atom. The number of ether oxygens (including phenoxy) is 2. The van der Waals surface area contributed by atoms with Crippen molar-refractivity contribution < 1.29 is 38.9 Å². The number of hydrogen-bond acceptors (Lipinski definition) is 7. The van der Waals surface area contributed by atoms with Crippen LogP contribution in [-0.4, -0.2) is 66.1 Å². The van der Waals surface area contributed by atoms with Crippen molar-refractivity contribution in [2.75, 3.05) is 26.3 Å². The minimum Gasteiger partial charge on any atom is -0.479 e. The van der Waals surface area contributed by atoms with Gasteiger partial charge >= 0.3 is 11.9 Å². The average molecular weight is 464 g/mol. The Balaban J connectivity index is 1.91. The SMILES string of the molecule is N=C(N)NC[C@H]1CC[C@H](C(=O)NCC(=O)c2ccc(OCC(=O)O)c(OCC(=O)O)c2)CC1. The molecular formula is C21H28N4O8. The van der Waals surface area contributed by atoms with Gasteiger partial charge in [-0.05, 0) is 49.8 Å². The molecule has 1 aliphatic carbocycles. The highest BCUT2D eigenvalue weighted by molar-refractivity contribution is 6.00. The summed E-state index contributed by atoms with van der Waals surface area (Å²) < 4.78 is 10.2. The van der Waals surface area contributed by atoms with Gasteiger partial charge in [-0.2, -0.15) is 0 Å². The molecule has 1 fully saturated rings. The van der Waals surface area contributed by atoms with Crippen LogP contribution in [0, 0.1) is 17.2 Å². The lowest BCUT2D eigenvalue weighted by molar-refractivity contribution is -0.140. The van der Waals surface area contributed by atoms with Gasteiger partial charge in [0.25, 0.3) is 0 Å². The molecular weight excluding hydrogens is 436 g/mol. The number of nitrogens with one attached hydrogen (secondary N) is 3. The van der Waals surface area contributed by atoms with Crippen molar-refractivity contribution >= 4 is 29.6 Å². The molecule has 0 heterocycles. The van der Waals surface area contributed by atoms with Crippen LogP contribution in [0.3, 0.4) is 0 Å². The van der Waals surface area contributed by atoms with E-state index in [9.17, 15) is 19.2 Å². The summed E-state index contributed by atoms with van der Waals surface area (Å²) in [6.07, 6.45) is 2.98. The summed E-state index contributed by atoms with van der Waals surface area (Å²) in [7, 11) is 0. The summed E-state index contributed by atoms with van der Waals surface area (Å²) in [6.45, 7) is -1.03. The second-order valence-corrected chi connectivity index (χ2v) is 7.68. The number of guanidine groups is 1. The van der Waals surface area contributed by atoms with E-state index in [0.29, 0.717) is 25.3 Å². The first-order valence-corrected chi connectivity index (χ1v) is 10.4. The van der Waals surface area contributed by atoms with Crippen LogP contribution in [0.1, 0.15) is 36.0 Å². The number of rotatable bonds is 12. The van der Waals surface area contributed by atoms with Gasteiger partial charge in [0.15, 0.2) is 36.5 Å². The molecule has 12 heteroatoms. The lowest BCUT2D eigenvalue weighted by Gasteiger charge is -2.27. The number of benzene rings is 1. The molecule has 0 radical (unpaired) electrons. The summed E-state index contributed by atoms with van der Waals surface area (Å²) >= 11 is 0. The molecule has 0 bridgehead atoms. The van der Waals surface area contributed by atoms with Crippen molar-refractivity contribution in [3.05, 3.63) is 23.8 Å². The van der Waals surface area contributed by atoms with E-state index < -0.39 is 30.9 Å². The molecule has 1 aromatic rings. The second-order valence-electron chi connectivity index (χ2n) is 7.68.